The molecule has 3 heterocycles. The van der Waals surface area contributed by atoms with Gasteiger partial charge in [0.15, 0.2) is 0 Å². The molecule has 1 atom stereocenters. The topological polar surface area (TPSA) is 48.9 Å². The van der Waals surface area contributed by atoms with E-state index in [0.717, 1.165) is 74.1 Å². The molecule has 2 saturated heterocycles. The van der Waals surface area contributed by atoms with Gasteiger partial charge in [-0.05, 0) is 103 Å². The van der Waals surface area contributed by atoms with Crippen LogP contribution in [0.2, 0.25) is 10.0 Å². The minimum atomic E-state index is -0.215. The summed E-state index contributed by atoms with van der Waals surface area (Å²) in [6.45, 7) is 11.1. The number of amides is 1. The molecule has 2 fully saturated rings. The summed E-state index contributed by atoms with van der Waals surface area (Å²) in [5.74, 6) is 0. The largest absolute Gasteiger partial charge is 0.450 e. The second-order valence-electron chi connectivity index (χ2n) is 14.6. The Kier molecular flexibility index (Phi) is 13.0. The Labute approximate surface area is 336 Å². The Morgan fingerprint density at radius 3 is 2.16 bits per heavy atom. The second-order valence-corrected chi connectivity index (χ2v) is 15.5. The molecule has 6 nitrogen and oxygen atoms in total. The maximum absolute atomic E-state index is 12.0. The molecule has 0 spiro atoms. The molecule has 284 valence electrons. The van der Waals surface area contributed by atoms with Crippen LogP contribution in [0.15, 0.2) is 121 Å². The van der Waals surface area contributed by atoms with Gasteiger partial charge in [0.25, 0.3) is 0 Å². The number of hydrogen-bond acceptors (Lipinski definition) is 5. The van der Waals surface area contributed by atoms with E-state index in [0.29, 0.717) is 19.7 Å². The lowest BCUT2D eigenvalue weighted by molar-refractivity contribution is 0.104. The van der Waals surface area contributed by atoms with E-state index < -0.39 is 0 Å². The molecule has 1 aromatic heterocycles. The summed E-state index contributed by atoms with van der Waals surface area (Å²) in [6.07, 6.45) is 5.25. The van der Waals surface area contributed by atoms with Crippen LogP contribution >= 0.6 is 23.2 Å². The molecule has 55 heavy (non-hydrogen) atoms. The van der Waals surface area contributed by atoms with Crippen molar-refractivity contribution in [1.29, 1.82) is 0 Å². The number of rotatable bonds is 6. The van der Waals surface area contributed by atoms with Crippen molar-refractivity contribution in [2.45, 2.75) is 52.1 Å². The first-order valence-corrected chi connectivity index (χ1v) is 20.3. The molecule has 1 aliphatic carbocycles. The zero-order valence-corrected chi connectivity index (χ0v) is 33.4. The third-order valence-electron chi connectivity index (χ3n) is 10.9. The summed E-state index contributed by atoms with van der Waals surface area (Å²) in [6, 6.07) is 38.6. The van der Waals surface area contributed by atoms with Gasteiger partial charge in [0, 0.05) is 67.6 Å². The number of carbonyl (C=O) groups is 1. The molecular weight excluding hydrogens is 723 g/mol. The van der Waals surface area contributed by atoms with Gasteiger partial charge >= 0.3 is 6.09 Å². The number of aryl methyl sites for hydroxylation is 3. The van der Waals surface area contributed by atoms with Crippen LogP contribution in [0.5, 0.6) is 0 Å². The fraction of sp³-hybridized carbons (Fsp3) is 0.319. The van der Waals surface area contributed by atoms with Gasteiger partial charge in [0.2, 0.25) is 0 Å². The summed E-state index contributed by atoms with van der Waals surface area (Å²) in [4.78, 5) is 23.7. The van der Waals surface area contributed by atoms with Crippen molar-refractivity contribution in [2.75, 3.05) is 45.9 Å². The van der Waals surface area contributed by atoms with Crippen molar-refractivity contribution in [1.82, 2.24) is 19.7 Å². The molecule has 1 amide bonds. The number of hydrogen-bond donors (Lipinski definition) is 0. The number of fused-ring (bicyclic) bond motifs is 2. The van der Waals surface area contributed by atoms with Crippen LogP contribution < -0.4 is 0 Å². The summed E-state index contributed by atoms with van der Waals surface area (Å²) in [7, 11) is 0. The predicted molar refractivity (Wildman–Crippen MR) is 225 cm³/mol. The van der Waals surface area contributed by atoms with Crippen LogP contribution in [-0.4, -0.2) is 71.7 Å². The predicted octanol–water partition coefficient (Wildman–Crippen LogP) is 10.4. The molecule has 5 aromatic rings. The highest BCUT2D eigenvalue weighted by Crippen LogP contribution is 2.38. The number of piperazine rings is 1. The number of halogens is 2. The number of ether oxygens (including phenoxy) is 1. The third kappa shape index (κ3) is 9.68. The summed E-state index contributed by atoms with van der Waals surface area (Å²) in [5.41, 5.74) is 12.9. The fourth-order valence-corrected chi connectivity index (χ4v) is 8.52. The lowest BCUT2D eigenvalue weighted by Gasteiger charge is -2.40. The van der Waals surface area contributed by atoms with E-state index in [9.17, 15) is 4.79 Å². The van der Waals surface area contributed by atoms with Gasteiger partial charge in [-0.25, -0.2) is 4.79 Å². The van der Waals surface area contributed by atoms with Crippen molar-refractivity contribution >= 4 is 34.9 Å². The van der Waals surface area contributed by atoms with E-state index in [4.69, 9.17) is 32.9 Å². The van der Waals surface area contributed by atoms with E-state index in [1.165, 1.54) is 50.1 Å². The van der Waals surface area contributed by atoms with Gasteiger partial charge in [-0.1, -0.05) is 113 Å². The Morgan fingerprint density at radius 1 is 0.727 bits per heavy atom. The van der Waals surface area contributed by atoms with E-state index >= 15 is 0 Å². The molecule has 0 radical (unpaired) electrons. The quantitative estimate of drug-likeness (QED) is 0.172. The van der Waals surface area contributed by atoms with Gasteiger partial charge in [-0.15, -0.1) is 0 Å². The van der Waals surface area contributed by atoms with E-state index in [2.05, 4.69) is 102 Å². The number of benzene rings is 4. The Hall–Kier alpha value is -4.46. The Balaban J connectivity index is 0.000000169. The lowest BCUT2D eigenvalue weighted by atomic mass is 9.88. The van der Waals surface area contributed by atoms with Gasteiger partial charge in [-0.3, -0.25) is 14.8 Å². The van der Waals surface area contributed by atoms with Crippen LogP contribution in [0.1, 0.15) is 70.4 Å². The number of aromatic nitrogens is 1. The molecule has 4 aromatic carbocycles. The standard InChI is InChI=1S/C25H27ClN2.C22H23ClN2O2/c1-20-6-5-7-21(18-20)19-27-14-16-28(17-15-27)25(22-8-3-2-4-9-22)23-10-12-24(26)13-11-23;1-2-27-22(26)25-12-9-15(10-13-25)20-19-8-7-18(23)14-17(19)6-5-16-4-3-11-24-21(16)20/h2-13,18,25H,14-17,19H2,1H3;3-4,7-8,11,14H,2,5-6,9-10,12-13H2,1H3. The molecule has 3 aliphatic rings. The maximum atomic E-state index is 12.0. The summed E-state index contributed by atoms with van der Waals surface area (Å²) in [5, 5.41) is 1.56. The molecular formula is C47H50Cl2N4O2. The molecule has 0 saturated carbocycles. The molecule has 1 unspecified atom stereocenters. The Morgan fingerprint density at radius 2 is 1.44 bits per heavy atom. The van der Waals surface area contributed by atoms with Crippen LogP contribution in [-0.2, 0) is 24.1 Å². The zero-order chi connectivity index (χ0) is 38.1. The van der Waals surface area contributed by atoms with Gasteiger partial charge in [-0.2, -0.15) is 0 Å². The average Bonchev–Trinajstić information content (AvgIpc) is 3.37. The second kappa shape index (κ2) is 18.4. The summed E-state index contributed by atoms with van der Waals surface area (Å²) < 4.78 is 5.15. The van der Waals surface area contributed by atoms with Crippen LogP contribution in [0.3, 0.4) is 0 Å². The number of pyridine rings is 1. The smallest absolute Gasteiger partial charge is 0.409 e. The molecule has 8 heteroatoms. The molecule has 0 bridgehead atoms. The zero-order valence-electron chi connectivity index (χ0n) is 31.9. The third-order valence-corrected chi connectivity index (χ3v) is 11.4. The minimum absolute atomic E-state index is 0.215. The van der Waals surface area contributed by atoms with Gasteiger partial charge in [0.05, 0.1) is 18.3 Å². The minimum Gasteiger partial charge on any atom is -0.450 e. The fourth-order valence-electron chi connectivity index (χ4n) is 8.20. The molecule has 8 rings (SSSR count). The first kappa shape index (κ1) is 38.8. The van der Waals surface area contributed by atoms with Gasteiger partial charge < -0.3 is 9.64 Å². The number of nitrogens with zero attached hydrogens (tertiary/aromatic N) is 4. The van der Waals surface area contributed by atoms with E-state index in [-0.39, 0.29) is 12.1 Å². The van der Waals surface area contributed by atoms with Gasteiger partial charge in [0.1, 0.15) is 0 Å². The highest BCUT2D eigenvalue weighted by Gasteiger charge is 2.28. The number of likely N-dealkylation sites (tertiary alicyclic amines) is 1. The lowest BCUT2D eigenvalue weighted by Crippen LogP contribution is -2.47. The monoisotopic (exact) mass is 772 g/mol. The SMILES string of the molecule is CCOC(=O)N1CCC(=C2c3ccc(Cl)cc3CCc3cccnc32)CC1.Cc1cccc(CN2CCN(C(c3ccccc3)c3ccc(Cl)cc3)CC2)c1. The van der Waals surface area contributed by atoms with Crippen LogP contribution in [0.4, 0.5) is 4.79 Å². The molecule has 2 aliphatic heterocycles. The first-order valence-electron chi connectivity index (χ1n) is 19.6. The van der Waals surface area contributed by atoms with Crippen LogP contribution in [0, 0.1) is 6.92 Å². The normalized spacial score (nSPS) is 16.6. The van der Waals surface area contributed by atoms with Crippen molar-refractivity contribution in [2.24, 2.45) is 0 Å². The van der Waals surface area contributed by atoms with Crippen molar-refractivity contribution < 1.29 is 9.53 Å². The summed E-state index contributed by atoms with van der Waals surface area (Å²) >= 11 is 12.4. The van der Waals surface area contributed by atoms with Crippen LogP contribution in [0.25, 0.3) is 5.57 Å². The highest BCUT2D eigenvalue weighted by atomic mass is 35.5. The number of piperidine rings is 1. The van der Waals surface area contributed by atoms with E-state index in [1.807, 2.05) is 37.4 Å². The van der Waals surface area contributed by atoms with E-state index in [1.54, 1.807) is 4.90 Å². The number of carbonyl (C=O) groups excluding carboxylic acids is 1. The molecule has 0 N–H and O–H groups in total. The first-order chi connectivity index (χ1) is 26.9. The highest BCUT2D eigenvalue weighted by molar-refractivity contribution is 6.31. The Bertz CT molecular complexity index is 2080. The van der Waals surface area contributed by atoms with Crippen molar-refractivity contribution in [3.63, 3.8) is 0 Å². The average molecular weight is 774 g/mol. The maximum Gasteiger partial charge on any atom is 0.409 e. The van der Waals surface area contributed by atoms with Crippen molar-refractivity contribution in [3.05, 3.63) is 176 Å². The van der Waals surface area contributed by atoms with Crippen molar-refractivity contribution in [3.8, 4) is 0 Å².